The van der Waals surface area contributed by atoms with Crippen LogP contribution in [-0.4, -0.2) is 0 Å². The Bertz CT molecular complexity index is 720. The summed E-state index contributed by atoms with van der Waals surface area (Å²) in [6.07, 6.45) is 0. The van der Waals surface area contributed by atoms with Crippen molar-refractivity contribution in [3.8, 4) is 11.1 Å². The third kappa shape index (κ3) is 3.22. The maximum Gasteiger partial charge on any atom is 0.123 e. The third-order valence-corrected chi connectivity index (χ3v) is 4.51. The first-order chi connectivity index (χ1) is 10.2. The van der Waals surface area contributed by atoms with Gasteiger partial charge in [0.25, 0.3) is 0 Å². The minimum Gasteiger partial charge on any atom is -0.207 e. The van der Waals surface area contributed by atoms with Crippen molar-refractivity contribution in [2.24, 2.45) is 0 Å². The SMILES string of the molecule is Fc1cccc(C(Br)c2ccc(-c3ccccc3)cc2)c1. The van der Waals surface area contributed by atoms with Crippen LogP contribution in [-0.2, 0) is 0 Å². The number of halogens is 2. The van der Waals surface area contributed by atoms with Crippen molar-refractivity contribution in [1.82, 2.24) is 0 Å². The summed E-state index contributed by atoms with van der Waals surface area (Å²) in [4.78, 5) is -0.00183. The molecule has 0 amide bonds. The average molecular weight is 341 g/mol. The van der Waals surface area contributed by atoms with E-state index in [0.717, 1.165) is 11.1 Å². The predicted molar refractivity (Wildman–Crippen MR) is 89.0 cm³/mol. The molecule has 0 heterocycles. The van der Waals surface area contributed by atoms with Gasteiger partial charge in [-0.25, -0.2) is 4.39 Å². The quantitative estimate of drug-likeness (QED) is 0.514. The Morgan fingerprint density at radius 1 is 0.667 bits per heavy atom. The Labute approximate surface area is 132 Å². The van der Waals surface area contributed by atoms with Crippen molar-refractivity contribution >= 4 is 15.9 Å². The second kappa shape index (κ2) is 6.23. The van der Waals surface area contributed by atoms with E-state index in [1.54, 1.807) is 12.1 Å². The van der Waals surface area contributed by atoms with Crippen LogP contribution in [0.1, 0.15) is 16.0 Å². The molecule has 21 heavy (non-hydrogen) atoms. The van der Waals surface area contributed by atoms with Gasteiger partial charge in [-0.1, -0.05) is 82.7 Å². The Kier molecular flexibility index (Phi) is 4.16. The fourth-order valence-electron chi connectivity index (χ4n) is 2.33. The highest BCUT2D eigenvalue weighted by molar-refractivity contribution is 9.09. The van der Waals surface area contributed by atoms with Gasteiger partial charge < -0.3 is 0 Å². The van der Waals surface area contributed by atoms with Crippen molar-refractivity contribution in [2.75, 3.05) is 0 Å². The first kappa shape index (κ1) is 14.0. The molecule has 0 aromatic heterocycles. The first-order valence-electron chi connectivity index (χ1n) is 6.79. The molecule has 2 heteroatoms. The number of hydrogen-bond donors (Lipinski definition) is 0. The van der Waals surface area contributed by atoms with E-state index >= 15 is 0 Å². The monoisotopic (exact) mass is 340 g/mol. The summed E-state index contributed by atoms with van der Waals surface area (Å²) in [7, 11) is 0. The van der Waals surface area contributed by atoms with Crippen LogP contribution in [0.4, 0.5) is 4.39 Å². The Hall–Kier alpha value is -1.93. The topological polar surface area (TPSA) is 0 Å². The molecular formula is C19H14BrF. The highest BCUT2D eigenvalue weighted by Gasteiger charge is 2.11. The van der Waals surface area contributed by atoms with Crippen molar-refractivity contribution in [3.05, 3.63) is 95.8 Å². The lowest BCUT2D eigenvalue weighted by molar-refractivity contribution is 0.626. The molecule has 0 saturated carbocycles. The van der Waals surface area contributed by atoms with Crippen LogP contribution < -0.4 is 0 Å². The molecule has 0 spiro atoms. The van der Waals surface area contributed by atoms with E-state index in [9.17, 15) is 4.39 Å². The van der Waals surface area contributed by atoms with Crippen molar-refractivity contribution in [2.45, 2.75) is 4.83 Å². The average Bonchev–Trinajstić information content (AvgIpc) is 2.55. The summed E-state index contributed by atoms with van der Waals surface area (Å²) < 4.78 is 13.3. The summed E-state index contributed by atoms with van der Waals surface area (Å²) in [5.74, 6) is -0.210. The minimum absolute atomic E-state index is 0.00183. The largest absolute Gasteiger partial charge is 0.207 e. The molecule has 0 bridgehead atoms. The summed E-state index contributed by atoms with van der Waals surface area (Å²) in [6, 6.07) is 25.3. The normalized spacial score (nSPS) is 12.1. The lowest BCUT2D eigenvalue weighted by Crippen LogP contribution is -1.93. The maximum atomic E-state index is 13.3. The van der Waals surface area contributed by atoms with E-state index < -0.39 is 0 Å². The molecule has 104 valence electrons. The summed E-state index contributed by atoms with van der Waals surface area (Å²) in [6.45, 7) is 0. The van der Waals surface area contributed by atoms with E-state index in [-0.39, 0.29) is 10.6 Å². The van der Waals surface area contributed by atoms with Crippen molar-refractivity contribution in [3.63, 3.8) is 0 Å². The zero-order valence-corrected chi connectivity index (χ0v) is 12.9. The Morgan fingerprint density at radius 3 is 2.00 bits per heavy atom. The molecule has 1 atom stereocenters. The highest BCUT2D eigenvalue weighted by Crippen LogP contribution is 2.32. The van der Waals surface area contributed by atoms with Crippen molar-refractivity contribution < 1.29 is 4.39 Å². The van der Waals surface area contributed by atoms with Gasteiger partial charge in [-0.3, -0.25) is 0 Å². The lowest BCUT2D eigenvalue weighted by atomic mass is 10.0. The molecule has 0 aliphatic carbocycles. The summed E-state index contributed by atoms with van der Waals surface area (Å²) in [5, 5.41) is 0. The number of rotatable bonds is 3. The fraction of sp³-hybridized carbons (Fsp3) is 0.0526. The highest BCUT2D eigenvalue weighted by atomic mass is 79.9. The Morgan fingerprint density at radius 2 is 1.33 bits per heavy atom. The van der Waals surface area contributed by atoms with Gasteiger partial charge in [0.05, 0.1) is 4.83 Å². The zero-order chi connectivity index (χ0) is 14.7. The standard InChI is InChI=1S/C19H14BrF/c20-19(17-7-4-8-18(21)13-17)16-11-9-15(10-12-16)14-5-2-1-3-6-14/h1-13,19H. The molecule has 0 aliphatic heterocycles. The van der Waals surface area contributed by atoms with Gasteiger partial charge in [0.1, 0.15) is 5.82 Å². The van der Waals surface area contributed by atoms with Gasteiger partial charge in [-0.2, -0.15) is 0 Å². The molecule has 0 aliphatic rings. The molecule has 0 nitrogen and oxygen atoms in total. The van der Waals surface area contributed by atoms with Crippen LogP contribution in [0.3, 0.4) is 0 Å². The second-order valence-electron chi connectivity index (χ2n) is 4.91. The molecule has 0 radical (unpaired) electrons. The number of benzene rings is 3. The third-order valence-electron chi connectivity index (χ3n) is 3.45. The van der Waals surface area contributed by atoms with Gasteiger partial charge in [-0.05, 0) is 34.4 Å². The maximum absolute atomic E-state index is 13.3. The van der Waals surface area contributed by atoms with Crippen LogP contribution in [0, 0.1) is 5.82 Å². The van der Waals surface area contributed by atoms with Crippen LogP contribution >= 0.6 is 15.9 Å². The van der Waals surface area contributed by atoms with Crippen molar-refractivity contribution in [1.29, 1.82) is 0 Å². The molecule has 3 aromatic carbocycles. The van der Waals surface area contributed by atoms with Gasteiger partial charge in [0, 0.05) is 0 Å². The molecule has 3 rings (SSSR count). The number of alkyl halides is 1. The lowest BCUT2D eigenvalue weighted by Gasteiger charge is -2.12. The van der Waals surface area contributed by atoms with E-state index in [1.165, 1.54) is 17.2 Å². The van der Waals surface area contributed by atoms with Crippen LogP contribution in [0.25, 0.3) is 11.1 Å². The van der Waals surface area contributed by atoms with E-state index in [1.807, 2.05) is 24.3 Å². The molecule has 3 aromatic rings. The Balaban J connectivity index is 1.87. The smallest absolute Gasteiger partial charge is 0.123 e. The molecule has 0 fully saturated rings. The molecule has 0 N–H and O–H groups in total. The van der Waals surface area contributed by atoms with E-state index in [0.29, 0.717) is 0 Å². The van der Waals surface area contributed by atoms with Gasteiger partial charge in [-0.15, -0.1) is 0 Å². The fourth-order valence-corrected chi connectivity index (χ4v) is 2.92. The predicted octanol–water partition coefficient (Wildman–Crippen LogP) is 5.98. The summed E-state index contributed by atoms with van der Waals surface area (Å²) in [5.41, 5.74) is 4.40. The molecule has 1 unspecified atom stereocenters. The van der Waals surface area contributed by atoms with Gasteiger partial charge >= 0.3 is 0 Å². The van der Waals surface area contributed by atoms with E-state index in [2.05, 4.69) is 52.3 Å². The van der Waals surface area contributed by atoms with Crippen LogP contribution in [0.15, 0.2) is 78.9 Å². The molecule has 0 saturated heterocycles. The number of hydrogen-bond acceptors (Lipinski definition) is 0. The summed E-state index contributed by atoms with van der Waals surface area (Å²) >= 11 is 3.64. The van der Waals surface area contributed by atoms with E-state index in [4.69, 9.17) is 0 Å². The van der Waals surface area contributed by atoms with Crippen LogP contribution in [0.2, 0.25) is 0 Å². The minimum atomic E-state index is -0.210. The second-order valence-corrected chi connectivity index (χ2v) is 5.82. The van der Waals surface area contributed by atoms with Crippen LogP contribution in [0.5, 0.6) is 0 Å². The zero-order valence-electron chi connectivity index (χ0n) is 11.3. The molecular weight excluding hydrogens is 327 g/mol. The first-order valence-corrected chi connectivity index (χ1v) is 7.70. The van der Waals surface area contributed by atoms with Gasteiger partial charge in [0.15, 0.2) is 0 Å². The van der Waals surface area contributed by atoms with Gasteiger partial charge in [0.2, 0.25) is 0 Å².